The van der Waals surface area contributed by atoms with E-state index in [9.17, 15) is 9.59 Å². The Morgan fingerprint density at radius 2 is 2.16 bits per heavy atom. The SMILES string of the molecule is O=C(O)Cn1cc(CNC(=O)Cn2cccn2)nn1. The zero-order valence-corrected chi connectivity index (χ0v) is 9.93. The van der Waals surface area contributed by atoms with Crippen molar-refractivity contribution >= 4 is 11.9 Å². The van der Waals surface area contributed by atoms with Crippen LogP contribution in [0.2, 0.25) is 0 Å². The second kappa shape index (κ2) is 5.76. The van der Waals surface area contributed by atoms with E-state index in [2.05, 4.69) is 20.7 Å². The van der Waals surface area contributed by atoms with Crippen molar-refractivity contribution in [2.45, 2.75) is 19.6 Å². The van der Waals surface area contributed by atoms with Gasteiger partial charge in [-0.15, -0.1) is 5.10 Å². The fourth-order valence-electron chi connectivity index (χ4n) is 1.42. The van der Waals surface area contributed by atoms with Crippen LogP contribution in [0.3, 0.4) is 0 Å². The number of nitrogens with one attached hydrogen (secondary N) is 1. The molecule has 0 aliphatic heterocycles. The Balaban J connectivity index is 1.80. The van der Waals surface area contributed by atoms with Crippen molar-refractivity contribution in [1.29, 1.82) is 0 Å². The monoisotopic (exact) mass is 264 g/mol. The lowest BCUT2D eigenvalue weighted by molar-refractivity contribution is -0.138. The van der Waals surface area contributed by atoms with Gasteiger partial charge in [0.25, 0.3) is 0 Å². The molecule has 9 heteroatoms. The van der Waals surface area contributed by atoms with Gasteiger partial charge in [0, 0.05) is 12.4 Å². The number of carbonyl (C=O) groups is 2. The molecule has 1 amide bonds. The predicted molar refractivity (Wildman–Crippen MR) is 61.7 cm³/mol. The first-order chi connectivity index (χ1) is 9.13. The van der Waals surface area contributed by atoms with E-state index < -0.39 is 5.97 Å². The van der Waals surface area contributed by atoms with E-state index in [1.807, 2.05) is 0 Å². The minimum Gasteiger partial charge on any atom is -0.480 e. The van der Waals surface area contributed by atoms with Crippen LogP contribution in [0.15, 0.2) is 24.7 Å². The smallest absolute Gasteiger partial charge is 0.325 e. The van der Waals surface area contributed by atoms with Gasteiger partial charge in [0.05, 0.1) is 12.7 Å². The molecule has 0 bridgehead atoms. The summed E-state index contributed by atoms with van der Waals surface area (Å²) < 4.78 is 2.69. The van der Waals surface area contributed by atoms with Gasteiger partial charge in [0.15, 0.2) is 0 Å². The van der Waals surface area contributed by atoms with E-state index in [0.29, 0.717) is 5.69 Å². The summed E-state index contributed by atoms with van der Waals surface area (Å²) >= 11 is 0. The number of rotatable bonds is 6. The van der Waals surface area contributed by atoms with Crippen LogP contribution in [0.25, 0.3) is 0 Å². The highest BCUT2D eigenvalue weighted by atomic mass is 16.4. The van der Waals surface area contributed by atoms with Crippen LogP contribution in [-0.2, 0) is 29.2 Å². The van der Waals surface area contributed by atoms with E-state index >= 15 is 0 Å². The number of hydrogen-bond donors (Lipinski definition) is 2. The number of nitrogens with zero attached hydrogens (tertiary/aromatic N) is 5. The zero-order valence-electron chi connectivity index (χ0n) is 9.93. The number of carboxylic acids is 1. The van der Waals surface area contributed by atoms with Crippen molar-refractivity contribution in [1.82, 2.24) is 30.1 Å². The van der Waals surface area contributed by atoms with Crippen LogP contribution in [0, 0.1) is 0 Å². The second-order valence-electron chi connectivity index (χ2n) is 3.78. The van der Waals surface area contributed by atoms with Crippen molar-refractivity contribution in [3.63, 3.8) is 0 Å². The Morgan fingerprint density at radius 1 is 1.32 bits per heavy atom. The summed E-state index contributed by atoms with van der Waals surface area (Å²) in [5, 5.41) is 22.5. The molecule has 19 heavy (non-hydrogen) atoms. The van der Waals surface area contributed by atoms with Crippen LogP contribution in [0.5, 0.6) is 0 Å². The summed E-state index contributed by atoms with van der Waals surface area (Å²) in [5.41, 5.74) is 0.495. The van der Waals surface area contributed by atoms with Gasteiger partial charge < -0.3 is 10.4 Å². The Labute approximate surface area is 107 Å². The molecule has 100 valence electrons. The third kappa shape index (κ3) is 3.91. The normalized spacial score (nSPS) is 10.3. The first kappa shape index (κ1) is 12.7. The van der Waals surface area contributed by atoms with Crippen molar-refractivity contribution < 1.29 is 14.7 Å². The molecule has 2 rings (SSSR count). The van der Waals surface area contributed by atoms with E-state index in [1.165, 1.54) is 15.6 Å². The van der Waals surface area contributed by atoms with E-state index in [0.717, 1.165) is 0 Å². The van der Waals surface area contributed by atoms with E-state index in [-0.39, 0.29) is 25.5 Å². The summed E-state index contributed by atoms with van der Waals surface area (Å²) in [4.78, 5) is 22.0. The topological polar surface area (TPSA) is 115 Å². The predicted octanol–water partition coefficient (Wildman–Crippen LogP) is -1.12. The number of carboxylic acid groups (broad SMARTS) is 1. The molecule has 0 aliphatic carbocycles. The molecule has 9 nitrogen and oxygen atoms in total. The zero-order chi connectivity index (χ0) is 13.7. The van der Waals surface area contributed by atoms with Gasteiger partial charge in [-0.3, -0.25) is 14.3 Å². The number of amides is 1. The Bertz CT molecular complexity index is 562. The Morgan fingerprint density at radius 3 is 2.84 bits per heavy atom. The number of hydrogen-bond acceptors (Lipinski definition) is 5. The minimum absolute atomic E-state index is 0.121. The van der Waals surface area contributed by atoms with Crippen molar-refractivity contribution in [2.75, 3.05) is 0 Å². The molecule has 2 N–H and O–H groups in total. The number of aromatic nitrogens is 5. The molecule has 2 aromatic rings. The van der Waals surface area contributed by atoms with E-state index in [4.69, 9.17) is 5.11 Å². The second-order valence-corrected chi connectivity index (χ2v) is 3.78. The minimum atomic E-state index is -1.00. The molecule has 0 saturated heterocycles. The summed E-state index contributed by atoms with van der Waals surface area (Å²) in [6.45, 7) is 0.0597. The molecule has 0 unspecified atom stereocenters. The number of carbonyl (C=O) groups excluding carboxylic acids is 1. The summed E-state index contributed by atoms with van der Waals surface area (Å²) in [7, 11) is 0. The lowest BCUT2D eigenvalue weighted by Gasteiger charge is -2.02. The number of aliphatic carboxylic acids is 1. The lowest BCUT2D eigenvalue weighted by atomic mass is 10.4. The Kier molecular flexibility index (Phi) is 3.86. The fraction of sp³-hybridized carbons (Fsp3) is 0.300. The van der Waals surface area contributed by atoms with Gasteiger partial charge in [0.2, 0.25) is 5.91 Å². The molecule has 0 radical (unpaired) electrons. The molecule has 2 heterocycles. The van der Waals surface area contributed by atoms with Crippen molar-refractivity contribution in [3.8, 4) is 0 Å². The fourth-order valence-corrected chi connectivity index (χ4v) is 1.42. The molecular weight excluding hydrogens is 252 g/mol. The van der Waals surface area contributed by atoms with Gasteiger partial charge in [0.1, 0.15) is 18.8 Å². The van der Waals surface area contributed by atoms with Gasteiger partial charge in [-0.1, -0.05) is 5.21 Å². The van der Waals surface area contributed by atoms with Crippen LogP contribution in [0.1, 0.15) is 5.69 Å². The maximum Gasteiger partial charge on any atom is 0.325 e. The molecule has 2 aromatic heterocycles. The molecule has 0 aliphatic rings. The summed E-state index contributed by atoms with van der Waals surface area (Å²) in [5.74, 6) is -1.21. The molecule has 0 saturated carbocycles. The maximum atomic E-state index is 11.5. The standard InChI is InChI=1S/C10H12N6O3/c17-9(6-15-3-1-2-12-15)11-4-8-5-16(14-13-8)7-10(18)19/h1-3,5H,4,6-7H2,(H,11,17)(H,18,19). The molecule has 0 aromatic carbocycles. The van der Waals surface area contributed by atoms with Gasteiger partial charge in [-0.05, 0) is 6.07 Å². The van der Waals surface area contributed by atoms with Crippen LogP contribution < -0.4 is 5.32 Å². The largest absolute Gasteiger partial charge is 0.480 e. The summed E-state index contributed by atoms with van der Waals surface area (Å²) in [6, 6.07) is 1.73. The van der Waals surface area contributed by atoms with Crippen LogP contribution in [-0.4, -0.2) is 41.8 Å². The quantitative estimate of drug-likeness (QED) is 0.682. The third-order valence-corrected chi connectivity index (χ3v) is 2.21. The van der Waals surface area contributed by atoms with Crippen molar-refractivity contribution in [2.24, 2.45) is 0 Å². The third-order valence-electron chi connectivity index (χ3n) is 2.21. The van der Waals surface area contributed by atoms with Crippen LogP contribution >= 0.6 is 0 Å². The molecule has 0 spiro atoms. The van der Waals surface area contributed by atoms with Crippen molar-refractivity contribution in [3.05, 3.63) is 30.4 Å². The van der Waals surface area contributed by atoms with E-state index in [1.54, 1.807) is 18.5 Å². The molecule has 0 atom stereocenters. The highest BCUT2D eigenvalue weighted by molar-refractivity contribution is 5.75. The first-order valence-electron chi connectivity index (χ1n) is 5.48. The Hall–Kier alpha value is -2.71. The summed E-state index contributed by atoms with van der Waals surface area (Å²) in [6.07, 6.45) is 4.75. The highest BCUT2D eigenvalue weighted by Crippen LogP contribution is 1.93. The average molecular weight is 264 g/mol. The van der Waals surface area contributed by atoms with Crippen LogP contribution in [0.4, 0.5) is 0 Å². The molecule has 0 fully saturated rings. The van der Waals surface area contributed by atoms with Gasteiger partial charge >= 0.3 is 5.97 Å². The highest BCUT2D eigenvalue weighted by Gasteiger charge is 2.06. The first-order valence-corrected chi connectivity index (χ1v) is 5.48. The average Bonchev–Trinajstić information content (AvgIpc) is 2.97. The maximum absolute atomic E-state index is 11.5. The van der Waals surface area contributed by atoms with Gasteiger partial charge in [-0.25, -0.2) is 4.68 Å². The molecular formula is C10H12N6O3. The lowest BCUT2D eigenvalue weighted by Crippen LogP contribution is -2.27. The van der Waals surface area contributed by atoms with Gasteiger partial charge in [-0.2, -0.15) is 5.10 Å².